The van der Waals surface area contributed by atoms with E-state index in [0.29, 0.717) is 11.0 Å². The van der Waals surface area contributed by atoms with E-state index in [1.165, 1.54) is 31.4 Å². The van der Waals surface area contributed by atoms with Crippen molar-refractivity contribution < 1.29 is 0 Å². The highest BCUT2D eigenvalue weighted by Crippen LogP contribution is 2.43. The molecule has 1 saturated carbocycles. The summed E-state index contributed by atoms with van der Waals surface area (Å²) in [5.74, 6) is 1.19. The zero-order chi connectivity index (χ0) is 13.1. The monoisotopic (exact) mass is 271 g/mol. The number of anilines is 1. The van der Waals surface area contributed by atoms with Gasteiger partial charge in [0.2, 0.25) is 0 Å². The first kappa shape index (κ1) is 12.6. The Morgan fingerprint density at radius 3 is 2.53 bits per heavy atom. The number of thioether (sulfide) groups is 1. The highest BCUT2D eigenvalue weighted by Gasteiger charge is 2.36. The van der Waals surface area contributed by atoms with E-state index in [9.17, 15) is 0 Å². The molecule has 1 N–H and O–H groups in total. The predicted molar refractivity (Wildman–Crippen MR) is 80.4 cm³/mol. The third-order valence-corrected chi connectivity index (χ3v) is 5.26. The Hall–Kier alpha value is -1.47. The third kappa shape index (κ3) is 2.76. The molecule has 1 aromatic carbocycles. The lowest BCUT2D eigenvalue weighted by Crippen LogP contribution is -2.30. The third-order valence-electron chi connectivity index (χ3n) is 4.00. The van der Waals surface area contributed by atoms with Crippen LogP contribution in [0.3, 0.4) is 0 Å². The van der Waals surface area contributed by atoms with Crippen molar-refractivity contribution in [2.75, 3.05) is 17.6 Å². The van der Waals surface area contributed by atoms with Crippen LogP contribution in [-0.2, 0) is 0 Å². The maximum absolute atomic E-state index is 8.77. The van der Waals surface area contributed by atoms with Crippen LogP contribution in [0.25, 0.3) is 0 Å². The largest absolute Gasteiger partial charge is 0.335 e. The second-order valence-corrected chi connectivity index (χ2v) is 6.40. The molecular formula is C15H17N3S. The number of nitrogens with one attached hydrogen (secondary N) is 1. The Labute approximate surface area is 118 Å². The number of hydrogen-bond acceptors (Lipinski definition) is 4. The number of aliphatic imine (C=N–C) groups is 1. The molecule has 0 saturated heterocycles. The summed E-state index contributed by atoms with van der Waals surface area (Å²) >= 11 is 1.84. The second-order valence-electron chi connectivity index (χ2n) is 5.43. The quantitative estimate of drug-likeness (QED) is 0.848. The van der Waals surface area contributed by atoms with Gasteiger partial charge < -0.3 is 5.32 Å². The molecule has 0 radical (unpaired) electrons. The van der Waals surface area contributed by atoms with E-state index in [2.05, 4.69) is 11.4 Å². The first-order chi connectivity index (χ1) is 9.30. The van der Waals surface area contributed by atoms with Gasteiger partial charge in [-0.3, -0.25) is 4.99 Å². The Morgan fingerprint density at radius 1 is 1.21 bits per heavy atom. The molecule has 3 nitrogen and oxygen atoms in total. The first-order valence-corrected chi connectivity index (χ1v) is 7.73. The number of nitriles is 1. The minimum atomic E-state index is 0.487. The lowest BCUT2D eigenvalue weighted by molar-refractivity contribution is 0.359. The van der Waals surface area contributed by atoms with Gasteiger partial charge in [-0.1, -0.05) is 24.6 Å². The molecular weight excluding hydrogens is 254 g/mol. The van der Waals surface area contributed by atoms with Crippen LogP contribution >= 0.6 is 11.8 Å². The Morgan fingerprint density at radius 2 is 1.95 bits per heavy atom. The van der Waals surface area contributed by atoms with Crippen LogP contribution in [0.4, 0.5) is 5.69 Å². The molecule has 1 aliphatic heterocycles. The molecule has 0 bridgehead atoms. The molecule has 4 heteroatoms. The summed E-state index contributed by atoms with van der Waals surface area (Å²) in [5, 5.41) is 13.1. The van der Waals surface area contributed by atoms with Crippen molar-refractivity contribution in [1.29, 1.82) is 5.26 Å². The van der Waals surface area contributed by atoms with Gasteiger partial charge >= 0.3 is 0 Å². The van der Waals surface area contributed by atoms with Gasteiger partial charge in [-0.25, -0.2) is 0 Å². The summed E-state index contributed by atoms with van der Waals surface area (Å²) < 4.78 is 0. The van der Waals surface area contributed by atoms with E-state index in [0.717, 1.165) is 17.4 Å². The summed E-state index contributed by atoms with van der Waals surface area (Å²) in [6.07, 6.45) is 5.42. The van der Waals surface area contributed by atoms with Gasteiger partial charge in [-0.15, -0.1) is 0 Å². The number of hydrogen-bond donors (Lipinski definition) is 1. The molecule has 1 aromatic rings. The summed E-state index contributed by atoms with van der Waals surface area (Å²) in [6.45, 7) is 0.971. The van der Waals surface area contributed by atoms with E-state index in [-0.39, 0.29) is 0 Å². The average molecular weight is 271 g/mol. The van der Waals surface area contributed by atoms with Crippen molar-refractivity contribution in [2.24, 2.45) is 10.4 Å². The van der Waals surface area contributed by atoms with Gasteiger partial charge in [-0.2, -0.15) is 5.26 Å². The second kappa shape index (κ2) is 5.26. The van der Waals surface area contributed by atoms with Gasteiger partial charge in [0.05, 0.1) is 11.6 Å². The fraction of sp³-hybridized carbons (Fsp3) is 0.467. The van der Waals surface area contributed by atoms with Gasteiger partial charge in [0, 0.05) is 18.0 Å². The van der Waals surface area contributed by atoms with Crippen LogP contribution in [0.1, 0.15) is 31.2 Å². The van der Waals surface area contributed by atoms with Crippen molar-refractivity contribution >= 4 is 22.6 Å². The Balaban J connectivity index is 1.64. The average Bonchev–Trinajstić information content (AvgIpc) is 2.91. The van der Waals surface area contributed by atoms with Crippen LogP contribution in [0, 0.1) is 16.7 Å². The van der Waals surface area contributed by atoms with E-state index in [1.54, 1.807) is 0 Å². The van der Waals surface area contributed by atoms with E-state index < -0.39 is 0 Å². The van der Waals surface area contributed by atoms with E-state index >= 15 is 0 Å². The Bertz CT molecular complexity index is 521. The van der Waals surface area contributed by atoms with Crippen molar-refractivity contribution in [3.8, 4) is 6.07 Å². The molecule has 98 valence electrons. The van der Waals surface area contributed by atoms with Gasteiger partial charge in [-0.05, 0) is 42.5 Å². The lowest BCUT2D eigenvalue weighted by atomic mass is 9.89. The van der Waals surface area contributed by atoms with Crippen LogP contribution in [-0.4, -0.2) is 17.5 Å². The molecule has 1 aliphatic carbocycles. The normalized spacial score (nSPS) is 20.9. The fourth-order valence-corrected chi connectivity index (χ4v) is 3.98. The summed E-state index contributed by atoms with van der Waals surface area (Å²) in [7, 11) is 0. The van der Waals surface area contributed by atoms with Crippen LogP contribution in [0.5, 0.6) is 0 Å². The van der Waals surface area contributed by atoms with Crippen molar-refractivity contribution in [3.05, 3.63) is 29.8 Å². The predicted octanol–water partition coefficient (Wildman–Crippen LogP) is 3.63. The molecule has 0 unspecified atom stereocenters. The standard InChI is InChI=1S/C15H17N3S/c16-9-12-3-5-13(6-4-12)18-14-17-10-15(11-19-14)7-1-2-8-15/h3-6H,1-2,7-8,10-11H2,(H,17,18). The summed E-state index contributed by atoms with van der Waals surface area (Å²) in [4.78, 5) is 4.71. The highest BCUT2D eigenvalue weighted by atomic mass is 32.2. The zero-order valence-electron chi connectivity index (χ0n) is 10.9. The highest BCUT2D eigenvalue weighted by molar-refractivity contribution is 8.14. The number of benzene rings is 1. The molecule has 0 aromatic heterocycles. The molecule has 0 amide bonds. The summed E-state index contributed by atoms with van der Waals surface area (Å²) in [5.41, 5.74) is 2.18. The topological polar surface area (TPSA) is 48.2 Å². The number of nitrogens with zero attached hydrogens (tertiary/aromatic N) is 2. The van der Waals surface area contributed by atoms with Crippen LogP contribution in [0.15, 0.2) is 29.3 Å². The summed E-state index contributed by atoms with van der Waals surface area (Å²) in [6, 6.07) is 9.65. The molecule has 3 rings (SSSR count). The van der Waals surface area contributed by atoms with Gasteiger partial charge in [0.25, 0.3) is 0 Å². The lowest BCUT2D eigenvalue weighted by Gasteiger charge is -2.31. The molecule has 1 spiro atoms. The molecule has 0 atom stereocenters. The van der Waals surface area contributed by atoms with E-state index in [4.69, 9.17) is 10.3 Å². The maximum atomic E-state index is 8.77. The first-order valence-electron chi connectivity index (χ1n) is 6.74. The van der Waals surface area contributed by atoms with Crippen molar-refractivity contribution in [1.82, 2.24) is 0 Å². The smallest absolute Gasteiger partial charge is 0.161 e. The minimum absolute atomic E-state index is 0.487. The van der Waals surface area contributed by atoms with Gasteiger partial charge in [0.15, 0.2) is 5.17 Å². The molecule has 2 aliphatic rings. The van der Waals surface area contributed by atoms with Crippen molar-refractivity contribution in [3.63, 3.8) is 0 Å². The van der Waals surface area contributed by atoms with Gasteiger partial charge in [0.1, 0.15) is 0 Å². The zero-order valence-corrected chi connectivity index (χ0v) is 11.7. The van der Waals surface area contributed by atoms with Crippen LogP contribution in [0.2, 0.25) is 0 Å². The Kier molecular flexibility index (Phi) is 3.48. The maximum Gasteiger partial charge on any atom is 0.161 e. The molecule has 1 fully saturated rings. The molecule has 19 heavy (non-hydrogen) atoms. The number of rotatable bonds is 1. The fourth-order valence-electron chi connectivity index (χ4n) is 2.81. The van der Waals surface area contributed by atoms with Crippen molar-refractivity contribution in [2.45, 2.75) is 25.7 Å². The molecule has 1 heterocycles. The number of amidine groups is 1. The minimum Gasteiger partial charge on any atom is -0.335 e. The van der Waals surface area contributed by atoms with E-state index in [1.807, 2.05) is 36.0 Å². The van der Waals surface area contributed by atoms with Crippen LogP contribution < -0.4 is 5.32 Å². The SMILES string of the molecule is N#Cc1ccc(NC2=NCC3(CCCC3)CS2)cc1.